The Bertz CT molecular complexity index is 448. The van der Waals surface area contributed by atoms with Crippen LogP contribution in [0.25, 0.3) is 0 Å². The molecule has 2 rings (SSSR count). The molecular weight excluding hydrogens is 269 g/mol. The van der Waals surface area contributed by atoms with Gasteiger partial charge in [0.1, 0.15) is 6.04 Å². The smallest absolute Gasteiger partial charge is 0.125 e. The molecule has 0 aromatic heterocycles. The van der Waals surface area contributed by atoms with Crippen LogP contribution in [0.2, 0.25) is 10.0 Å². The Hall–Kier alpha value is -0.790. The third kappa shape index (κ3) is 3.15. The molecule has 0 aliphatic carbocycles. The van der Waals surface area contributed by atoms with Gasteiger partial charge in [0.15, 0.2) is 0 Å². The fourth-order valence-corrected chi connectivity index (χ4v) is 2.60. The van der Waals surface area contributed by atoms with Crippen LogP contribution in [0.5, 0.6) is 0 Å². The summed E-state index contributed by atoms with van der Waals surface area (Å²) >= 11 is 12.2. The molecule has 1 unspecified atom stereocenters. The molecular formula is C13H15Cl2N3. The zero-order valence-electron chi connectivity index (χ0n) is 10.00. The monoisotopic (exact) mass is 283 g/mol. The fraction of sp³-hybridized carbons (Fsp3) is 0.462. The van der Waals surface area contributed by atoms with Crippen LogP contribution >= 0.6 is 23.2 Å². The molecule has 1 saturated heterocycles. The first-order chi connectivity index (χ1) is 8.72. The SMILES string of the molecule is N#CC(c1cc(Cl)ccc1Cl)N1CCCNCC1. The van der Waals surface area contributed by atoms with Crippen LogP contribution in [0.15, 0.2) is 18.2 Å². The number of rotatable bonds is 2. The highest BCUT2D eigenvalue weighted by Gasteiger charge is 2.23. The zero-order valence-corrected chi connectivity index (χ0v) is 11.5. The van der Waals surface area contributed by atoms with E-state index >= 15 is 0 Å². The van der Waals surface area contributed by atoms with Crippen LogP contribution in [-0.2, 0) is 0 Å². The van der Waals surface area contributed by atoms with Crippen molar-refractivity contribution >= 4 is 23.2 Å². The van der Waals surface area contributed by atoms with E-state index < -0.39 is 0 Å². The standard InChI is InChI=1S/C13H15Cl2N3/c14-10-2-3-12(15)11(8-10)13(9-16)18-6-1-4-17-5-7-18/h2-3,8,13,17H,1,4-7H2. The number of nitriles is 1. The van der Waals surface area contributed by atoms with Gasteiger partial charge in [-0.3, -0.25) is 4.90 Å². The van der Waals surface area contributed by atoms with E-state index in [4.69, 9.17) is 23.2 Å². The number of nitrogens with one attached hydrogen (secondary N) is 1. The summed E-state index contributed by atoms with van der Waals surface area (Å²) in [6.07, 6.45) is 1.04. The molecule has 1 N–H and O–H groups in total. The average Bonchev–Trinajstić information content (AvgIpc) is 2.64. The van der Waals surface area contributed by atoms with Gasteiger partial charge in [-0.25, -0.2) is 0 Å². The van der Waals surface area contributed by atoms with Gasteiger partial charge in [0, 0.05) is 35.2 Å². The summed E-state index contributed by atoms with van der Waals surface area (Å²) in [5.41, 5.74) is 0.800. The fourth-order valence-electron chi connectivity index (χ4n) is 2.20. The van der Waals surface area contributed by atoms with Crippen molar-refractivity contribution in [2.24, 2.45) is 0 Å². The van der Waals surface area contributed by atoms with Crippen molar-refractivity contribution in [1.29, 1.82) is 5.26 Å². The van der Waals surface area contributed by atoms with Crippen molar-refractivity contribution in [3.8, 4) is 6.07 Å². The second kappa shape index (κ2) is 6.40. The molecule has 0 spiro atoms. The van der Waals surface area contributed by atoms with Crippen LogP contribution < -0.4 is 5.32 Å². The first-order valence-corrected chi connectivity index (χ1v) is 6.77. The lowest BCUT2D eigenvalue weighted by molar-refractivity contribution is 0.252. The Morgan fingerprint density at radius 3 is 2.89 bits per heavy atom. The molecule has 1 aromatic carbocycles. The second-order valence-corrected chi connectivity index (χ2v) is 5.18. The molecule has 1 aliphatic rings. The van der Waals surface area contributed by atoms with Gasteiger partial charge < -0.3 is 5.32 Å². The quantitative estimate of drug-likeness (QED) is 0.907. The number of benzene rings is 1. The number of hydrogen-bond donors (Lipinski definition) is 1. The van der Waals surface area contributed by atoms with Gasteiger partial charge in [0.25, 0.3) is 0 Å². The van der Waals surface area contributed by atoms with E-state index in [2.05, 4.69) is 16.3 Å². The first kappa shape index (κ1) is 13.6. The summed E-state index contributed by atoms with van der Waals surface area (Å²) in [4.78, 5) is 2.15. The molecule has 18 heavy (non-hydrogen) atoms. The number of hydrogen-bond acceptors (Lipinski definition) is 3. The van der Waals surface area contributed by atoms with E-state index in [1.54, 1.807) is 18.2 Å². The van der Waals surface area contributed by atoms with Gasteiger partial charge in [-0.05, 0) is 31.2 Å². The molecule has 0 bridgehead atoms. The second-order valence-electron chi connectivity index (χ2n) is 4.34. The van der Waals surface area contributed by atoms with Gasteiger partial charge >= 0.3 is 0 Å². The molecule has 1 aliphatic heterocycles. The summed E-state index contributed by atoms with van der Waals surface area (Å²) in [7, 11) is 0. The minimum atomic E-state index is -0.323. The Kier molecular flexibility index (Phi) is 4.85. The highest BCUT2D eigenvalue weighted by atomic mass is 35.5. The van der Waals surface area contributed by atoms with Crippen LogP contribution in [0, 0.1) is 11.3 Å². The highest BCUT2D eigenvalue weighted by molar-refractivity contribution is 6.33. The van der Waals surface area contributed by atoms with Crippen LogP contribution in [0.3, 0.4) is 0 Å². The molecule has 5 heteroatoms. The Labute approximate surface area is 117 Å². The van der Waals surface area contributed by atoms with E-state index in [0.717, 1.165) is 38.2 Å². The number of nitrogens with zero attached hydrogens (tertiary/aromatic N) is 2. The maximum absolute atomic E-state index is 9.43. The van der Waals surface area contributed by atoms with E-state index in [0.29, 0.717) is 10.0 Å². The lowest BCUT2D eigenvalue weighted by Crippen LogP contribution is -2.31. The molecule has 0 radical (unpaired) electrons. The summed E-state index contributed by atoms with van der Waals surface area (Å²) in [5.74, 6) is 0. The number of halogens is 2. The third-order valence-corrected chi connectivity index (χ3v) is 3.69. The van der Waals surface area contributed by atoms with Crippen molar-refractivity contribution in [2.45, 2.75) is 12.5 Å². The van der Waals surface area contributed by atoms with Crippen molar-refractivity contribution in [1.82, 2.24) is 10.2 Å². The Morgan fingerprint density at radius 1 is 1.28 bits per heavy atom. The normalized spacial score (nSPS) is 18.9. The zero-order chi connectivity index (χ0) is 13.0. The molecule has 96 valence electrons. The largest absolute Gasteiger partial charge is 0.315 e. The summed E-state index contributed by atoms with van der Waals surface area (Å²) in [5, 5.41) is 14.0. The predicted octanol–water partition coefficient (Wildman–Crippen LogP) is 2.85. The van der Waals surface area contributed by atoms with Crippen LogP contribution in [0.4, 0.5) is 0 Å². The maximum atomic E-state index is 9.43. The lowest BCUT2D eigenvalue weighted by Gasteiger charge is -2.26. The molecule has 3 nitrogen and oxygen atoms in total. The third-order valence-electron chi connectivity index (χ3n) is 3.11. The van der Waals surface area contributed by atoms with Crippen molar-refractivity contribution in [3.05, 3.63) is 33.8 Å². The van der Waals surface area contributed by atoms with Crippen molar-refractivity contribution in [3.63, 3.8) is 0 Å². The molecule has 1 aromatic rings. The van der Waals surface area contributed by atoms with E-state index in [-0.39, 0.29) is 6.04 Å². The van der Waals surface area contributed by atoms with Gasteiger partial charge in [0.05, 0.1) is 6.07 Å². The summed E-state index contributed by atoms with van der Waals surface area (Å²) < 4.78 is 0. The Morgan fingerprint density at radius 2 is 2.11 bits per heavy atom. The van der Waals surface area contributed by atoms with Gasteiger partial charge in [-0.15, -0.1) is 0 Å². The molecule has 0 amide bonds. The van der Waals surface area contributed by atoms with Crippen molar-refractivity contribution in [2.75, 3.05) is 26.2 Å². The molecule has 1 fully saturated rings. The van der Waals surface area contributed by atoms with Crippen LogP contribution in [0.1, 0.15) is 18.0 Å². The van der Waals surface area contributed by atoms with Gasteiger partial charge in [-0.1, -0.05) is 23.2 Å². The van der Waals surface area contributed by atoms with Gasteiger partial charge in [-0.2, -0.15) is 5.26 Å². The molecule has 1 heterocycles. The maximum Gasteiger partial charge on any atom is 0.125 e. The van der Waals surface area contributed by atoms with Crippen LogP contribution in [-0.4, -0.2) is 31.1 Å². The predicted molar refractivity (Wildman–Crippen MR) is 73.9 cm³/mol. The Balaban J connectivity index is 2.26. The minimum absolute atomic E-state index is 0.323. The lowest BCUT2D eigenvalue weighted by atomic mass is 10.1. The van der Waals surface area contributed by atoms with E-state index in [1.807, 2.05) is 0 Å². The van der Waals surface area contributed by atoms with Crippen molar-refractivity contribution < 1.29 is 0 Å². The molecule has 0 saturated carbocycles. The highest BCUT2D eigenvalue weighted by Crippen LogP contribution is 2.30. The minimum Gasteiger partial charge on any atom is -0.315 e. The summed E-state index contributed by atoms with van der Waals surface area (Å²) in [6.45, 7) is 3.64. The summed E-state index contributed by atoms with van der Waals surface area (Å²) in [6, 6.07) is 7.30. The topological polar surface area (TPSA) is 39.1 Å². The molecule has 1 atom stereocenters. The van der Waals surface area contributed by atoms with Gasteiger partial charge in [0.2, 0.25) is 0 Å². The average molecular weight is 284 g/mol. The first-order valence-electron chi connectivity index (χ1n) is 6.01. The van der Waals surface area contributed by atoms with E-state index in [1.165, 1.54) is 0 Å². The van der Waals surface area contributed by atoms with E-state index in [9.17, 15) is 5.26 Å².